The van der Waals surface area contributed by atoms with Crippen LogP contribution < -0.4 is 5.32 Å². The summed E-state index contributed by atoms with van der Waals surface area (Å²) in [5, 5.41) is 11.2. The predicted octanol–water partition coefficient (Wildman–Crippen LogP) is 0.0781. The summed E-state index contributed by atoms with van der Waals surface area (Å²) < 4.78 is 9.75. The molecular formula is C12H19NO6. The minimum atomic E-state index is -1.25. The summed E-state index contributed by atoms with van der Waals surface area (Å²) in [6, 6.07) is -1.25. The van der Waals surface area contributed by atoms with Crippen molar-refractivity contribution in [3.05, 3.63) is 0 Å². The number of ether oxygens (including phenoxy) is 2. The lowest BCUT2D eigenvalue weighted by atomic mass is 10.1. The van der Waals surface area contributed by atoms with Gasteiger partial charge in [0.1, 0.15) is 6.04 Å². The monoisotopic (exact) mass is 273 g/mol. The largest absolute Gasteiger partial charge is 0.480 e. The van der Waals surface area contributed by atoms with Crippen molar-refractivity contribution >= 4 is 17.8 Å². The van der Waals surface area contributed by atoms with E-state index in [9.17, 15) is 14.4 Å². The Morgan fingerprint density at radius 2 is 2.21 bits per heavy atom. The molecule has 108 valence electrons. The number of amides is 1. The van der Waals surface area contributed by atoms with Crippen LogP contribution in [0.4, 0.5) is 0 Å². The second-order valence-electron chi connectivity index (χ2n) is 4.41. The topological polar surface area (TPSA) is 102 Å². The molecule has 0 bridgehead atoms. The minimum absolute atomic E-state index is 0.0784. The number of hydrogen-bond donors (Lipinski definition) is 2. The summed E-state index contributed by atoms with van der Waals surface area (Å²) in [5.41, 5.74) is 0. The molecule has 1 fully saturated rings. The maximum absolute atomic E-state index is 11.6. The van der Waals surface area contributed by atoms with Crippen molar-refractivity contribution < 1.29 is 29.0 Å². The Hall–Kier alpha value is -1.63. The Labute approximate surface area is 111 Å². The number of methoxy groups -OCH3 is 1. The SMILES string of the molecule is COC(=O)C[C@H](NC(=O)CCC1CCCO1)C(=O)O. The molecule has 0 radical (unpaired) electrons. The number of esters is 1. The second-order valence-corrected chi connectivity index (χ2v) is 4.41. The standard InChI is InChI=1S/C12H19NO6/c1-18-11(15)7-9(12(16)17)13-10(14)5-4-8-3-2-6-19-8/h8-9H,2-7H2,1H3,(H,13,14)(H,16,17)/t8?,9-/m0/s1. The number of carbonyl (C=O) groups excluding carboxylic acids is 2. The molecule has 1 rings (SSSR count). The number of carboxylic acids is 1. The first-order chi connectivity index (χ1) is 9.02. The zero-order valence-electron chi connectivity index (χ0n) is 10.9. The summed E-state index contributed by atoms with van der Waals surface area (Å²) >= 11 is 0. The smallest absolute Gasteiger partial charge is 0.326 e. The number of hydrogen-bond acceptors (Lipinski definition) is 5. The highest BCUT2D eigenvalue weighted by molar-refractivity contribution is 5.87. The van der Waals surface area contributed by atoms with Gasteiger partial charge in [-0.25, -0.2) is 4.79 Å². The molecule has 1 amide bonds. The van der Waals surface area contributed by atoms with Crippen LogP contribution in [0.1, 0.15) is 32.1 Å². The molecule has 0 saturated carbocycles. The van der Waals surface area contributed by atoms with E-state index < -0.39 is 23.9 Å². The molecule has 2 atom stereocenters. The third kappa shape index (κ3) is 5.69. The van der Waals surface area contributed by atoms with E-state index in [1.807, 2.05) is 0 Å². The van der Waals surface area contributed by atoms with Crippen LogP contribution in [-0.4, -0.2) is 48.8 Å². The Bertz CT molecular complexity index is 337. The molecule has 1 heterocycles. The molecule has 0 aliphatic carbocycles. The van der Waals surface area contributed by atoms with Crippen LogP contribution in [0, 0.1) is 0 Å². The lowest BCUT2D eigenvalue weighted by molar-refractivity contribution is -0.148. The van der Waals surface area contributed by atoms with Gasteiger partial charge in [-0.05, 0) is 19.3 Å². The fourth-order valence-electron chi connectivity index (χ4n) is 1.88. The molecule has 1 aliphatic rings. The predicted molar refractivity (Wildman–Crippen MR) is 64.4 cm³/mol. The van der Waals surface area contributed by atoms with Gasteiger partial charge in [0.25, 0.3) is 0 Å². The van der Waals surface area contributed by atoms with Crippen molar-refractivity contribution in [3.8, 4) is 0 Å². The number of carboxylic acid groups (broad SMARTS) is 1. The Kier molecular flexibility index (Phi) is 6.27. The maximum atomic E-state index is 11.6. The summed E-state index contributed by atoms with van der Waals surface area (Å²) in [6.07, 6.45) is 2.38. The zero-order valence-corrected chi connectivity index (χ0v) is 10.9. The van der Waals surface area contributed by atoms with E-state index in [2.05, 4.69) is 10.1 Å². The van der Waals surface area contributed by atoms with Crippen molar-refractivity contribution in [2.45, 2.75) is 44.2 Å². The van der Waals surface area contributed by atoms with Gasteiger partial charge in [-0.1, -0.05) is 0 Å². The summed E-state index contributed by atoms with van der Waals surface area (Å²) in [5.74, 6) is -2.32. The molecule has 0 spiro atoms. The number of carbonyl (C=O) groups is 3. The number of nitrogens with one attached hydrogen (secondary N) is 1. The van der Waals surface area contributed by atoms with Crippen molar-refractivity contribution in [2.75, 3.05) is 13.7 Å². The summed E-state index contributed by atoms with van der Waals surface area (Å²) in [7, 11) is 1.17. The van der Waals surface area contributed by atoms with Crippen LogP contribution >= 0.6 is 0 Å². The van der Waals surface area contributed by atoms with E-state index in [1.165, 1.54) is 7.11 Å². The fourth-order valence-corrected chi connectivity index (χ4v) is 1.88. The van der Waals surface area contributed by atoms with E-state index in [4.69, 9.17) is 9.84 Å². The van der Waals surface area contributed by atoms with E-state index >= 15 is 0 Å². The van der Waals surface area contributed by atoms with Gasteiger partial charge in [-0.3, -0.25) is 9.59 Å². The van der Waals surface area contributed by atoms with Crippen LogP contribution in [0.25, 0.3) is 0 Å². The lowest BCUT2D eigenvalue weighted by Gasteiger charge is -2.14. The molecule has 0 aromatic rings. The van der Waals surface area contributed by atoms with Crippen LogP contribution in [0.3, 0.4) is 0 Å². The minimum Gasteiger partial charge on any atom is -0.480 e. The highest BCUT2D eigenvalue weighted by Crippen LogP contribution is 2.16. The quantitative estimate of drug-likeness (QED) is 0.637. The normalized spacial score (nSPS) is 19.7. The molecule has 7 nitrogen and oxygen atoms in total. The lowest BCUT2D eigenvalue weighted by Crippen LogP contribution is -2.42. The molecular weight excluding hydrogens is 254 g/mol. The Morgan fingerprint density at radius 1 is 1.47 bits per heavy atom. The van der Waals surface area contributed by atoms with Gasteiger partial charge in [-0.2, -0.15) is 0 Å². The van der Waals surface area contributed by atoms with Gasteiger partial charge in [-0.15, -0.1) is 0 Å². The van der Waals surface area contributed by atoms with E-state index in [0.29, 0.717) is 13.0 Å². The number of aliphatic carboxylic acids is 1. The van der Waals surface area contributed by atoms with Gasteiger partial charge in [0.15, 0.2) is 0 Å². The van der Waals surface area contributed by atoms with Crippen LogP contribution in [0.2, 0.25) is 0 Å². The summed E-state index contributed by atoms with van der Waals surface area (Å²) in [4.78, 5) is 33.5. The third-order valence-electron chi connectivity index (χ3n) is 2.95. The molecule has 1 unspecified atom stereocenters. The van der Waals surface area contributed by atoms with Crippen molar-refractivity contribution in [3.63, 3.8) is 0 Å². The Balaban J connectivity index is 2.33. The highest BCUT2D eigenvalue weighted by atomic mass is 16.5. The molecule has 0 aromatic heterocycles. The molecule has 19 heavy (non-hydrogen) atoms. The van der Waals surface area contributed by atoms with Crippen LogP contribution in [0.15, 0.2) is 0 Å². The van der Waals surface area contributed by atoms with E-state index in [-0.39, 0.29) is 18.9 Å². The molecule has 7 heteroatoms. The van der Waals surface area contributed by atoms with E-state index in [0.717, 1.165) is 12.8 Å². The summed E-state index contributed by atoms with van der Waals surface area (Å²) in [6.45, 7) is 0.715. The van der Waals surface area contributed by atoms with Gasteiger partial charge < -0.3 is 19.9 Å². The fraction of sp³-hybridized carbons (Fsp3) is 0.750. The number of rotatable bonds is 7. The molecule has 1 saturated heterocycles. The van der Waals surface area contributed by atoms with Gasteiger partial charge >= 0.3 is 11.9 Å². The molecule has 0 aromatic carbocycles. The Morgan fingerprint density at radius 3 is 2.74 bits per heavy atom. The van der Waals surface area contributed by atoms with Crippen LogP contribution in [0.5, 0.6) is 0 Å². The highest BCUT2D eigenvalue weighted by Gasteiger charge is 2.24. The van der Waals surface area contributed by atoms with Gasteiger partial charge in [0, 0.05) is 13.0 Å². The first-order valence-electron chi connectivity index (χ1n) is 6.23. The van der Waals surface area contributed by atoms with Crippen molar-refractivity contribution in [1.82, 2.24) is 5.32 Å². The van der Waals surface area contributed by atoms with Crippen molar-refractivity contribution in [2.24, 2.45) is 0 Å². The average Bonchev–Trinajstić information content (AvgIpc) is 2.88. The second kappa shape index (κ2) is 7.73. The van der Waals surface area contributed by atoms with Gasteiger partial charge in [0.05, 0.1) is 19.6 Å². The van der Waals surface area contributed by atoms with E-state index in [1.54, 1.807) is 0 Å². The maximum Gasteiger partial charge on any atom is 0.326 e. The first kappa shape index (κ1) is 15.4. The first-order valence-corrected chi connectivity index (χ1v) is 6.23. The van der Waals surface area contributed by atoms with Crippen LogP contribution in [-0.2, 0) is 23.9 Å². The van der Waals surface area contributed by atoms with Crippen molar-refractivity contribution in [1.29, 1.82) is 0 Å². The molecule has 2 N–H and O–H groups in total. The van der Waals surface area contributed by atoms with Gasteiger partial charge in [0.2, 0.25) is 5.91 Å². The molecule has 1 aliphatic heterocycles. The average molecular weight is 273 g/mol. The third-order valence-corrected chi connectivity index (χ3v) is 2.95. The zero-order chi connectivity index (χ0) is 14.3.